The van der Waals surface area contributed by atoms with Crippen molar-refractivity contribution in [1.82, 2.24) is 5.16 Å². The lowest BCUT2D eigenvalue weighted by Crippen LogP contribution is -2.01. The zero-order valence-corrected chi connectivity index (χ0v) is 12.2. The van der Waals surface area contributed by atoms with Crippen molar-refractivity contribution in [2.45, 2.75) is 47.1 Å². The summed E-state index contributed by atoms with van der Waals surface area (Å²) in [6.45, 7) is 9.80. The van der Waals surface area contributed by atoms with Crippen LogP contribution in [0.5, 0.6) is 0 Å². The van der Waals surface area contributed by atoms with Gasteiger partial charge in [0.2, 0.25) is 0 Å². The maximum atomic E-state index is 10.2. The second kappa shape index (κ2) is 5.21. The van der Waals surface area contributed by atoms with E-state index in [1.54, 1.807) is 0 Å². The molecule has 2 aromatic heterocycles. The number of furan rings is 1. The van der Waals surface area contributed by atoms with Gasteiger partial charge in [-0.2, -0.15) is 0 Å². The summed E-state index contributed by atoms with van der Waals surface area (Å²) in [6, 6.07) is 1.90. The van der Waals surface area contributed by atoms with Gasteiger partial charge in [0, 0.05) is 5.56 Å². The van der Waals surface area contributed by atoms with Gasteiger partial charge in [-0.25, -0.2) is 0 Å². The van der Waals surface area contributed by atoms with E-state index in [2.05, 4.69) is 19.0 Å². The van der Waals surface area contributed by atoms with Crippen molar-refractivity contribution >= 4 is 0 Å². The van der Waals surface area contributed by atoms with Crippen molar-refractivity contribution in [3.8, 4) is 11.3 Å². The maximum Gasteiger partial charge on any atom is 0.144 e. The van der Waals surface area contributed by atoms with E-state index in [0.717, 1.165) is 34.8 Å². The summed E-state index contributed by atoms with van der Waals surface area (Å²) >= 11 is 0. The standard InChI is InChI=1S/C15H21NO3/c1-8(2)6-13(17)12-7-14(18-10(12)4)15-9(3)16-19-11(15)5/h7-8,13,17H,6H2,1-5H3. The SMILES string of the molecule is Cc1noc(C)c1-c1cc(C(O)CC(C)C)c(C)o1. The Balaban J connectivity index is 2.36. The summed E-state index contributed by atoms with van der Waals surface area (Å²) in [5, 5.41) is 14.1. The first-order chi connectivity index (χ1) is 8.90. The molecule has 0 saturated heterocycles. The monoisotopic (exact) mass is 263 g/mol. The van der Waals surface area contributed by atoms with Crippen LogP contribution in [-0.4, -0.2) is 10.3 Å². The molecule has 0 aliphatic rings. The summed E-state index contributed by atoms with van der Waals surface area (Å²) in [6.07, 6.45) is 0.236. The van der Waals surface area contributed by atoms with Crippen LogP contribution in [0.1, 0.15) is 49.2 Å². The van der Waals surface area contributed by atoms with Crippen LogP contribution in [0.2, 0.25) is 0 Å². The number of hydrogen-bond donors (Lipinski definition) is 1. The molecule has 1 atom stereocenters. The predicted molar refractivity (Wildman–Crippen MR) is 72.8 cm³/mol. The molecular weight excluding hydrogens is 242 g/mol. The third-order valence-electron chi connectivity index (χ3n) is 3.29. The largest absolute Gasteiger partial charge is 0.461 e. The molecule has 0 spiro atoms. The highest BCUT2D eigenvalue weighted by Crippen LogP contribution is 2.34. The molecular formula is C15H21NO3. The lowest BCUT2D eigenvalue weighted by atomic mass is 9.99. The van der Waals surface area contributed by atoms with Gasteiger partial charge >= 0.3 is 0 Å². The maximum absolute atomic E-state index is 10.2. The fourth-order valence-corrected chi connectivity index (χ4v) is 2.36. The summed E-state index contributed by atoms with van der Waals surface area (Å²) in [5.41, 5.74) is 2.53. The number of aliphatic hydroxyl groups excluding tert-OH is 1. The van der Waals surface area contributed by atoms with Crippen molar-refractivity contribution in [3.63, 3.8) is 0 Å². The second-order valence-corrected chi connectivity index (χ2v) is 5.47. The van der Waals surface area contributed by atoms with Crippen molar-refractivity contribution in [1.29, 1.82) is 0 Å². The van der Waals surface area contributed by atoms with Crippen LogP contribution in [0.15, 0.2) is 15.0 Å². The smallest absolute Gasteiger partial charge is 0.144 e. The molecule has 2 aromatic rings. The molecule has 0 bridgehead atoms. The lowest BCUT2D eigenvalue weighted by Gasteiger charge is -2.11. The number of aryl methyl sites for hydroxylation is 3. The van der Waals surface area contributed by atoms with Crippen molar-refractivity contribution in [2.24, 2.45) is 5.92 Å². The molecule has 19 heavy (non-hydrogen) atoms. The highest BCUT2D eigenvalue weighted by molar-refractivity contribution is 5.63. The van der Waals surface area contributed by atoms with Gasteiger partial charge < -0.3 is 14.0 Å². The van der Waals surface area contributed by atoms with Crippen LogP contribution in [-0.2, 0) is 0 Å². The number of aliphatic hydroxyl groups is 1. The average molecular weight is 263 g/mol. The van der Waals surface area contributed by atoms with E-state index in [9.17, 15) is 5.11 Å². The third kappa shape index (κ3) is 2.73. The first-order valence-electron chi connectivity index (χ1n) is 6.61. The summed E-state index contributed by atoms with van der Waals surface area (Å²) in [4.78, 5) is 0. The lowest BCUT2D eigenvalue weighted by molar-refractivity contribution is 0.149. The Labute approximate surface area is 113 Å². The molecule has 2 rings (SSSR count). The Kier molecular flexibility index (Phi) is 3.80. The first kappa shape index (κ1) is 13.9. The van der Waals surface area contributed by atoms with Gasteiger partial charge in [-0.05, 0) is 39.2 Å². The van der Waals surface area contributed by atoms with Crippen LogP contribution >= 0.6 is 0 Å². The Morgan fingerprint density at radius 3 is 2.42 bits per heavy atom. The molecule has 0 aromatic carbocycles. The normalized spacial score (nSPS) is 13.2. The quantitative estimate of drug-likeness (QED) is 0.907. The Hall–Kier alpha value is -1.55. The average Bonchev–Trinajstić information content (AvgIpc) is 2.81. The molecule has 0 amide bonds. The van der Waals surface area contributed by atoms with Gasteiger partial charge in [0.1, 0.15) is 17.3 Å². The molecule has 4 heteroatoms. The molecule has 0 aliphatic heterocycles. The fourth-order valence-electron chi connectivity index (χ4n) is 2.36. The second-order valence-electron chi connectivity index (χ2n) is 5.47. The number of nitrogens with zero attached hydrogens (tertiary/aromatic N) is 1. The van der Waals surface area contributed by atoms with Crippen molar-refractivity contribution in [2.75, 3.05) is 0 Å². The van der Waals surface area contributed by atoms with Gasteiger partial charge in [-0.15, -0.1) is 0 Å². The van der Waals surface area contributed by atoms with E-state index in [1.807, 2.05) is 26.8 Å². The van der Waals surface area contributed by atoms with Gasteiger partial charge in [0.25, 0.3) is 0 Å². The molecule has 0 saturated carbocycles. The van der Waals surface area contributed by atoms with Crippen molar-refractivity contribution < 1.29 is 14.0 Å². The molecule has 4 nitrogen and oxygen atoms in total. The summed E-state index contributed by atoms with van der Waals surface area (Å²) in [5.74, 6) is 2.64. The summed E-state index contributed by atoms with van der Waals surface area (Å²) < 4.78 is 10.9. The van der Waals surface area contributed by atoms with E-state index in [-0.39, 0.29) is 0 Å². The molecule has 0 radical (unpaired) electrons. The van der Waals surface area contributed by atoms with E-state index < -0.39 is 6.10 Å². The van der Waals surface area contributed by atoms with E-state index in [4.69, 9.17) is 8.94 Å². The van der Waals surface area contributed by atoms with E-state index in [0.29, 0.717) is 11.7 Å². The predicted octanol–water partition coefficient (Wildman–Crippen LogP) is 3.94. The zero-order valence-electron chi connectivity index (χ0n) is 12.2. The van der Waals surface area contributed by atoms with Gasteiger partial charge in [-0.3, -0.25) is 0 Å². The molecule has 2 heterocycles. The number of rotatable bonds is 4. The van der Waals surface area contributed by atoms with Gasteiger partial charge in [-0.1, -0.05) is 19.0 Å². The fraction of sp³-hybridized carbons (Fsp3) is 0.533. The highest BCUT2D eigenvalue weighted by atomic mass is 16.5. The molecule has 1 N–H and O–H groups in total. The summed E-state index contributed by atoms with van der Waals surface area (Å²) in [7, 11) is 0. The van der Waals surface area contributed by atoms with Crippen molar-refractivity contribution in [3.05, 3.63) is 28.8 Å². The number of hydrogen-bond acceptors (Lipinski definition) is 4. The third-order valence-corrected chi connectivity index (χ3v) is 3.29. The minimum Gasteiger partial charge on any atom is -0.461 e. The van der Waals surface area contributed by atoms with Crippen LogP contribution in [0.4, 0.5) is 0 Å². The molecule has 0 fully saturated rings. The molecule has 0 aliphatic carbocycles. The molecule has 1 unspecified atom stereocenters. The highest BCUT2D eigenvalue weighted by Gasteiger charge is 2.21. The topological polar surface area (TPSA) is 59.4 Å². The van der Waals surface area contributed by atoms with Crippen LogP contribution in [0, 0.1) is 26.7 Å². The van der Waals surface area contributed by atoms with Crippen LogP contribution < -0.4 is 0 Å². The Bertz CT molecular complexity index is 546. The van der Waals surface area contributed by atoms with E-state index in [1.165, 1.54) is 0 Å². The minimum atomic E-state index is -0.488. The first-order valence-corrected chi connectivity index (χ1v) is 6.61. The number of aromatic nitrogens is 1. The van der Waals surface area contributed by atoms with Gasteiger partial charge in [0.15, 0.2) is 0 Å². The minimum absolute atomic E-state index is 0.437. The van der Waals surface area contributed by atoms with Crippen LogP contribution in [0.25, 0.3) is 11.3 Å². The van der Waals surface area contributed by atoms with Gasteiger partial charge in [0.05, 0.1) is 17.4 Å². The Morgan fingerprint density at radius 2 is 1.89 bits per heavy atom. The Morgan fingerprint density at radius 1 is 1.21 bits per heavy atom. The molecule has 104 valence electrons. The van der Waals surface area contributed by atoms with Crippen LogP contribution in [0.3, 0.4) is 0 Å². The van der Waals surface area contributed by atoms with E-state index >= 15 is 0 Å². The zero-order chi connectivity index (χ0) is 14.2.